The number of rotatable bonds is 6. The molecule has 1 aliphatic heterocycles. The fourth-order valence-electron chi connectivity index (χ4n) is 4.58. The number of fused-ring (bicyclic) bond motifs is 1. The molecule has 0 aliphatic carbocycles. The van der Waals surface area contributed by atoms with Crippen LogP contribution in [-0.4, -0.2) is 37.8 Å². The number of hydrogen-bond donors (Lipinski definition) is 1. The Kier molecular flexibility index (Phi) is 6.27. The number of carbonyl (C=O) groups excluding carboxylic acids is 1. The molecule has 0 saturated carbocycles. The topological polar surface area (TPSA) is 100 Å². The van der Waals surface area contributed by atoms with Crippen LogP contribution >= 0.6 is 0 Å². The molecule has 4 heterocycles. The van der Waals surface area contributed by atoms with Gasteiger partial charge in [0.05, 0.1) is 11.4 Å². The van der Waals surface area contributed by atoms with Gasteiger partial charge in [-0.25, -0.2) is 4.79 Å². The average molecular weight is 440 g/mol. The summed E-state index contributed by atoms with van der Waals surface area (Å²) in [6.07, 6.45) is 5.92. The van der Waals surface area contributed by atoms with Crippen LogP contribution in [0, 0.1) is 5.92 Å². The van der Waals surface area contributed by atoms with Crippen molar-refractivity contribution in [2.24, 2.45) is 20.0 Å². The van der Waals surface area contributed by atoms with E-state index >= 15 is 0 Å². The van der Waals surface area contributed by atoms with Gasteiger partial charge in [0, 0.05) is 46.2 Å². The van der Waals surface area contributed by atoms with Gasteiger partial charge in [-0.1, -0.05) is 13.0 Å². The van der Waals surface area contributed by atoms with Crippen molar-refractivity contribution < 1.29 is 9.53 Å². The molecule has 1 fully saturated rings. The summed E-state index contributed by atoms with van der Waals surface area (Å²) in [5.74, 6) is -0.0531. The second-order valence-electron chi connectivity index (χ2n) is 8.31. The lowest BCUT2D eigenvalue weighted by Crippen LogP contribution is -2.38. The molecule has 0 bridgehead atoms. The average Bonchev–Trinajstić information content (AvgIpc) is 3.20. The number of pyridine rings is 1. The molecule has 32 heavy (non-hydrogen) atoms. The van der Waals surface area contributed by atoms with E-state index < -0.39 is 11.2 Å². The van der Waals surface area contributed by atoms with Gasteiger partial charge in [0.1, 0.15) is 11.3 Å². The van der Waals surface area contributed by atoms with Gasteiger partial charge < -0.3 is 14.6 Å². The maximum absolute atomic E-state index is 13.5. The van der Waals surface area contributed by atoms with Crippen LogP contribution in [0.15, 0.2) is 40.2 Å². The molecule has 0 spiro atoms. The van der Waals surface area contributed by atoms with Gasteiger partial charge in [0.25, 0.3) is 11.5 Å². The summed E-state index contributed by atoms with van der Waals surface area (Å²) in [5, 5.41) is 3.55. The molecular formula is C23H29N5O4. The molecule has 3 aromatic rings. The van der Waals surface area contributed by atoms with E-state index in [1.54, 1.807) is 30.1 Å². The first kappa shape index (κ1) is 22.0. The normalized spacial score (nSPS) is 15.7. The molecule has 1 aliphatic rings. The monoisotopic (exact) mass is 439 g/mol. The Labute approximate surface area is 185 Å². The van der Waals surface area contributed by atoms with Gasteiger partial charge in [-0.2, -0.15) is 0 Å². The van der Waals surface area contributed by atoms with Gasteiger partial charge in [-0.3, -0.25) is 23.7 Å². The fourth-order valence-corrected chi connectivity index (χ4v) is 4.58. The highest BCUT2D eigenvalue weighted by Gasteiger charge is 2.29. The van der Waals surface area contributed by atoms with Crippen molar-refractivity contribution in [3.05, 3.63) is 62.7 Å². The molecule has 1 atom stereocenters. The molecule has 1 unspecified atom stereocenters. The molecule has 1 N–H and O–H groups in total. The third-order valence-electron chi connectivity index (χ3n) is 6.24. The molecule has 9 nitrogen and oxygen atoms in total. The highest BCUT2D eigenvalue weighted by molar-refractivity contribution is 5.98. The third-order valence-corrected chi connectivity index (χ3v) is 6.24. The lowest BCUT2D eigenvalue weighted by atomic mass is 9.87. The van der Waals surface area contributed by atoms with E-state index in [9.17, 15) is 14.4 Å². The van der Waals surface area contributed by atoms with Gasteiger partial charge in [0.2, 0.25) is 0 Å². The molecule has 9 heteroatoms. The largest absolute Gasteiger partial charge is 0.381 e. The Morgan fingerprint density at radius 2 is 2.00 bits per heavy atom. The van der Waals surface area contributed by atoms with Crippen molar-refractivity contribution >= 4 is 16.9 Å². The molecule has 1 saturated heterocycles. The minimum atomic E-state index is -0.416. The van der Waals surface area contributed by atoms with E-state index in [0.29, 0.717) is 36.5 Å². The number of hydrogen-bond acceptors (Lipinski definition) is 5. The van der Waals surface area contributed by atoms with Crippen LogP contribution in [0.1, 0.15) is 48.3 Å². The van der Waals surface area contributed by atoms with Crippen LogP contribution in [0.2, 0.25) is 0 Å². The van der Waals surface area contributed by atoms with Crippen LogP contribution in [0.25, 0.3) is 11.0 Å². The van der Waals surface area contributed by atoms with E-state index in [2.05, 4.69) is 10.3 Å². The summed E-state index contributed by atoms with van der Waals surface area (Å²) in [5.41, 5.74) is 0.963. The molecule has 170 valence electrons. The lowest BCUT2D eigenvalue weighted by Gasteiger charge is -2.31. The van der Waals surface area contributed by atoms with E-state index in [4.69, 9.17) is 4.74 Å². The zero-order valence-electron chi connectivity index (χ0n) is 18.7. The Balaban J connectivity index is 1.79. The Morgan fingerprint density at radius 1 is 1.25 bits per heavy atom. The minimum absolute atomic E-state index is 0.220. The van der Waals surface area contributed by atoms with Crippen LogP contribution in [-0.2, 0) is 25.4 Å². The van der Waals surface area contributed by atoms with Gasteiger partial charge in [-0.15, -0.1) is 0 Å². The highest BCUT2D eigenvalue weighted by Crippen LogP contribution is 2.30. The molecule has 0 aromatic carbocycles. The first-order valence-corrected chi connectivity index (χ1v) is 11.0. The molecule has 3 aromatic heterocycles. The number of ether oxygens (including phenoxy) is 1. The maximum Gasteiger partial charge on any atom is 0.332 e. The second kappa shape index (κ2) is 9.12. The number of carbonyl (C=O) groups is 1. The van der Waals surface area contributed by atoms with Crippen molar-refractivity contribution in [2.45, 2.75) is 38.8 Å². The highest BCUT2D eigenvalue weighted by atomic mass is 16.5. The van der Waals surface area contributed by atoms with Crippen LogP contribution in [0.5, 0.6) is 0 Å². The Bertz CT molecular complexity index is 1240. The van der Waals surface area contributed by atoms with Crippen molar-refractivity contribution in [2.75, 3.05) is 13.2 Å². The Hall–Kier alpha value is -3.20. The molecule has 0 radical (unpaired) electrons. The Morgan fingerprint density at radius 3 is 2.66 bits per heavy atom. The number of nitrogens with zero attached hydrogens (tertiary/aromatic N) is 4. The number of aromatic nitrogens is 4. The standard InChI is InChI=1S/C23H29N5O4/c1-4-10-28-18(13-17-21(28)26(2)23(31)27(3)22(17)30)20(29)25-19(15-7-11-32-12-8-15)16-6-5-9-24-14-16/h5-6,9,13-15,19H,4,7-8,10-12H2,1-3H3,(H,25,29). The molecule has 4 rings (SSSR count). The van der Waals surface area contributed by atoms with Gasteiger partial charge >= 0.3 is 5.69 Å². The van der Waals surface area contributed by atoms with E-state index in [1.807, 2.05) is 19.1 Å². The molecule has 1 amide bonds. The van der Waals surface area contributed by atoms with E-state index in [0.717, 1.165) is 29.4 Å². The zero-order valence-corrected chi connectivity index (χ0v) is 18.7. The number of aryl methyl sites for hydroxylation is 2. The lowest BCUT2D eigenvalue weighted by molar-refractivity contribution is 0.0512. The maximum atomic E-state index is 13.5. The van der Waals surface area contributed by atoms with Crippen LogP contribution in [0.4, 0.5) is 0 Å². The molecular weight excluding hydrogens is 410 g/mol. The van der Waals surface area contributed by atoms with Crippen molar-refractivity contribution in [1.82, 2.24) is 24.0 Å². The summed E-state index contributed by atoms with van der Waals surface area (Å²) in [6, 6.07) is 5.21. The second-order valence-corrected chi connectivity index (χ2v) is 8.31. The number of amides is 1. The summed E-state index contributed by atoms with van der Waals surface area (Å²) in [6.45, 7) is 3.83. The van der Waals surface area contributed by atoms with Crippen LogP contribution < -0.4 is 16.6 Å². The minimum Gasteiger partial charge on any atom is -0.381 e. The summed E-state index contributed by atoms with van der Waals surface area (Å²) >= 11 is 0. The SMILES string of the molecule is CCCn1c(C(=O)NC(c2cccnc2)C2CCOCC2)cc2c(=O)n(C)c(=O)n(C)c21. The number of nitrogens with one attached hydrogen (secondary N) is 1. The summed E-state index contributed by atoms with van der Waals surface area (Å²) in [4.78, 5) is 43.1. The smallest absolute Gasteiger partial charge is 0.332 e. The summed E-state index contributed by atoms with van der Waals surface area (Å²) in [7, 11) is 3.07. The zero-order chi connectivity index (χ0) is 22.8. The fraction of sp³-hybridized carbons (Fsp3) is 0.478. The quantitative estimate of drug-likeness (QED) is 0.631. The van der Waals surface area contributed by atoms with Crippen molar-refractivity contribution in [3.63, 3.8) is 0 Å². The summed E-state index contributed by atoms with van der Waals surface area (Å²) < 4.78 is 9.79. The van der Waals surface area contributed by atoms with Crippen molar-refractivity contribution in [1.29, 1.82) is 0 Å². The predicted octanol–water partition coefficient (Wildman–Crippen LogP) is 1.74. The third kappa shape index (κ3) is 3.88. The predicted molar refractivity (Wildman–Crippen MR) is 121 cm³/mol. The van der Waals surface area contributed by atoms with Gasteiger partial charge in [0.15, 0.2) is 0 Å². The first-order valence-electron chi connectivity index (χ1n) is 11.0. The van der Waals surface area contributed by atoms with Crippen LogP contribution in [0.3, 0.4) is 0 Å². The van der Waals surface area contributed by atoms with Gasteiger partial charge in [-0.05, 0) is 42.9 Å². The van der Waals surface area contributed by atoms with E-state index in [1.165, 1.54) is 11.6 Å². The van der Waals surface area contributed by atoms with E-state index in [-0.39, 0.29) is 17.9 Å². The van der Waals surface area contributed by atoms with Crippen molar-refractivity contribution in [3.8, 4) is 0 Å². The first-order chi connectivity index (χ1) is 15.4.